The van der Waals surface area contributed by atoms with Crippen molar-refractivity contribution in [1.82, 2.24) is 10.4 Å². The number of nitrogens with one attached hydrogen (secondary N) is 1. The highest BCUT2D eigenvalue weighted by Gasteiger charge is 2.10. The maximum Gasteiger partial charge on any atom is 0.275 e. The predicted molar refractivity (Wildman–Crippen MR) is 69.1 cm³/mol. The van der Waals surface area contributed by atoms with Gasteiger partial charge in [0.1, 0.15) is 11.5 Å². The van der Waals surface area contributed by atoms with Gasteiger partial charge in [-0.05, 0) is 24.3 Å². The van der Waals surface area contributed by atoms with E-state index >= 15 is 0 Å². The lowest BCUT2D eigenvalue weighted by Crippen LogP contribution is -2.17. The molecule has 2 aromatic rings. The average molecular weight is 257 g/mol. The topological polar surface area (TPSA) is 94.8 Å². The summed E-state index contributed by atoms with van der Waals surface area (Å²) in [6.07, 6.45) is 2.99. The van der Waals surface area contributed by atoms with E-state index in [-0.39, 0.29) is 17.1 Å². The highest BCUT2D eigenvalue weighted by Crippen LogP contribution is 2.22. The molecular weight excluding hydrogens is 246 g/mol. The summed E-state index contributed by atoms with van der Waals surface area (Å²) in [6, 6.07) is 8.98. The van der Waals surface area contributed by atoms with Gasteiger partial charge in [-0.15, -0.1) is 0 Å². The van der Waals surface area contributed by atoms with E-state index in [2.05, 4.69) is 15.5 Å². The van der Waals surface area contributed by atoms with Crippen molar-refractivity contribution in [3.63, 3.8) is 0 Å². The van der Waals surface area contributed by atoms with Crippen molar-refractivity contribution in [2.75, 3.05) is 0 Å². The molecule has 0 radical (unpaired) electrons. The van der Waals surface area contributed by atoms with Crippen LogP contribution in [0.2, 0.25) is 0 Å². The number of phenols is 2. The molecule has 0 unspecified atom stereocenters. The molecule has 0 saturated heterocycles. The van der Waals surface area contributed by atoms with Gasteiger partial charge in [-0.3, -0.25) is 9.78 Å². The van der Waals surface area contributed by atoms with Crippen LogP contribution in [0, 0.1) is 0 Å². The third-order valence-electron chi connectivity index (χ3n) is 2.28. The lowest BCUT2D eigenvalue weighted by Gasteiger charge is -2.02. The normalized spacial score (nSPS) is 10.5. The van der Waals surface area contributed by atoms with Gasteiger partial charge >= 0.3 is 0 Å². The lowest BCUT2D eigenvalue weighted by molar-refractivity contribution is 0.0952. The average Bonchev–Trinajstić information content (AvgIpc) is 2.39. The molecule has 19 heavy (non-hydrogen) atoms. The number of benzene rings is 1. The second kappa shape index (κ2) is 5.63. The molecule has 0 bridgehead atoms. The number of phenolic OH excluding ortho intramolecular Hbond substituents is 2. The molecule has 0 spiro atoms. The number of carbonyl (C=O) groups is 1. The molecule has 0 aliphatic rings. The fourth-order valence-corrected chi connectivity index (χ4v) is 1.38. The van der Waals surface area contributed by atoms with E-state index < -0.39 is 5.91 Å². The Morgan fingerprint density at radius 2 is 2.11 bits per heavy atom. The Hall–Kier alpha value is -2.89. The zero-order valence-electron chi connectivity index (χ0n) is 9.82. The Morgan fingerprint density at radius 3 is 2.79 bits per heavy atom. The molecule has 1 amide bonds. The van der Waals surface area contributed by atoms with E-state index in [9.17, 15) is 9.90 Å². The van der Waals surface area contributed by atoms with Crippen LogP contribution in [0.15, 0.2) is 47.7 Å². The largest absolute Gasteiger partial charge is 0.508 e. The molecule has 1 aromatic carbocycles. The van der Waals surface area contributed by atoms with Gasteiger partial charge in [0, 0.05) is 12.3 Å². The van der Waals surface area contributed by atoms with Crippen molar-refractivity contribution < 1.29 is 15.0 Å². The summed E-state index contributed by atoms with van der Waals surface area (Å²) < 4.78 is 0. The predicted octanol–water partition coefficient (Wildman–Crippen LogP) is 1.26. The first-order valence-electron chi connectivity index (χ1n) is 5.43. The monoisotopic (exact) mass is 257 g/mol. The van der Waals surface area contributed by atoms with Gasteiger partial charge in [0.25, 0.3) is 5.91 Å². The molecule has 3 N–H and O–H groups in total. The lowest BCUT2D eigenvalue weighted by atomic mass is 10.2. The Bertz CT molecular complexity index is 612. The van der Waals surface area contributed by atoms with E-state index in [0.29, 0.717) is 5.69 Å². The standard InChI is InChI=1S/C13H11N3O3/c17-10-4-5-11(12(18)7-10)13(19)16-15-8-9-3-1-2-6-14-9/h1-8,17-18H,(H,16,19). The third-order valence-corrected chi connectivity index (χ3v) is 2.28. The smallest absolute Gasteiger partial charge is 0.275 e. The van der Waals surface area contributed by atoms with Crippen LogP contribution in [0.4, 0.5) is 0 Å². The van der Waals surface area contributed by atoms with Gasteiger partial charge in [0.2, 0.25) is 0 Å². The highest BCUT2D eigenvalue weighted by molar-refractivity contribution is 5.97. The van der Waals surface area contributed by atoms with Crippen LogP contribution in [0.5, 0.6) is 11.5 Å². The van der Waals surface area contributed by atoms with Crippen molar-refractivity contribution in [3.8, 4) is 11.5 Å². The number of carbonyl (C=O) groups excluding carboxylic acids is 1. The van der Waals surface area contributed by atoms with Gasteiger partial charge in [-0.1, -0.05) is 6.07 Å². The maximum absolute atomic E-state index is 11.7. The first-order chi connectivity index (χ1) is 9.16. The fraction of sp³-hybridized carbons (Fsp3) is 0. The highest BCUT2D eigenvalue weighted by atomic mass is 16.3. The van der Waals surface area contributed by atoms with Crippen LogP contribution in [-0.2, 0) is 0 Å². The maximum atomic E-state index is 11.7. The van der Waals surface area contributed by atoms with E-state index in [1.807, 2.05) is 0 Å². The first-order valence-corrected chi connectivity index (χ1v) is 5.43. The summed E-state index contributed by atoms with van der Waals surface area (Å²) >= 11 is 0. The molecule has 2 rings (SSSR count). The fourth-order valence-electron chi connectivity index (χ4n) is 1.38. The number of aromatic nitrogens is 1. The van der Waals surface area contributed by atoms with E-state index in [1.54, 1.807) is 24.4 Å². The zero-order valence-corrected chi connectivity index (χ0v) is 9.82. The first kappa shape index (κ1) is 12.6. The molecular formula is C13H11N3O3. The minimum Gasteiger partial charge on any atom is -0.508 e. The van der Waals surface area contributed by atoms with Crippen LogP contribution in [0.3, 0.4) is 0 Å². The Labute approximate surface area is 109 Å². The van der Waals surface area contributed by atoms with Crippen molar-refractivity contribution in [2.24, 2.45) is 5.10 Å². The summed E-state index contributed by atoms with van der Waals surface area (Å²) in [6.45, 7) is 0. The summed E-state index contributed by atoms with van der Waals surface area (Å²) in [7, 11) is 0. The SMILES string of the molecule is O=C(NN=Cc1ccccn1)c1ccc(O)cc1O. The second-order valence-corrected chi connectivity index (χ2v) is 3.66. The minimum absolute atomic E-state index is 0.0240. The molecule has 6 heteroatoms. The van der Waals surface area contributed by atoms with Crippen molar-refractivity contribution in [3.05, 3.63) is 53.9 Å². The zero-order chi connectivity index (χ0) is 13.7. The molecule has 0 atom stereocenters. The summed E-state index contributed by atoms with van der Waals surface area (Å²) in [5.74, 6) is -1.01. The summed E-state index contributed by atoms with van der Waals surface area (Å²) in [5.41, 5.74) is 2.88. The van der Waals surface area contributed by atoms with Crippen molar-refractivity contribution in [2.45, 2.75) is 0 Å². The Kier molecular flexibility index (Phi) is 3.72. The number of hydrazone groups is 1. The number of aromatic hydroxyl groups is 2. The molecule has 0 aliphatic heterocycles. The van der Waals surface area contributed by atoms with Crippen LogP contribution >= 0.6 is 0 Å². The van der Waals surface area contributed by atoms with E-state index in [0.717, 1.165) is 6.07 Å². The van der Waals surface area contributed by atoms with Gasteiger partial charge < -0.3 is 10.2 Å². The quantitative estimate of drug-likeness (QED) is 0.569. The van der Waals surface area contributed by atoms with Gasteiger partial charge in [0.05, 0.1) is 17.5 Å². The van der Waals surface area contributed by atoms with Crippen molar-refractivity contribution >= 4 is 12.1 Å². The van der Waals surface area contributed by atoms with Gasteiger partial charge in [0.15, 0.2) is 0 Å². The molecule has 6 nitrogen and oxygen atoms in total. The van der Waals surface area contributed by atoms with Crippen LogP contribution in [0.1, 0.15) is 16.1 Å². The molecule has 1 aromatic heterocycles. The van der Waals surface area contributed by atoms with E-state index in [1.165, 1.54) is 18.3 Å². The second-order valence-electron chi connectivity index (χ2n) is 3.66. The number of amides is 1. The molecule has 0 saturated carbocycles. The molecule has 0 aliphatic carbocycles. The van der Waals surface area contributed by atoms with Crippen LogP contribution in [-0.4, -0.2) is 27.3 Å². The number of hydrogen-bond donors (Lipinski definition) is 3. The molecule has 96 valence electrons. The van der Waals surface area contributed by atoms with Gasteiger partial charge in [-0.25, -0.2) is 5.43 Å². The number of rotatable bonds is 3. The Balaban J connectivity index is 2.04. The van der Waals surface area contributed by atoms with Crippen molar-refractivity contribution in [1.29, 1.82) is 0 Å². The number of hydrogen-bond acceptors (Lipinski definition) is 5. The summed E-state index contributed by atoms with van der Waals surface area (Å²) in [4.78, 5) is 15.7. The number of pyridine rings is 1. The number of nitrogens with zero attached hydrogens (tertiary/aromatic N) is 2. The Morgan fingerprint density at radius 1 is 1.26 bits per heavy atom. The molecule has 0 fully saturated rings. The van der Waals surface area contributed by atoms with Crippen LogP contribution in [0.25, 0.3) is 0 Å². The van der Waals surface area contributed by atoms with Crippen LogP contribution < -0.4 is 5.43 Å². The molecule has 1 heterocycles. The van der Waals surface area contributed by atoms with E-state index in [4.69, 9.17) is 5.11 Å². The van der Waals surface area contributed by atoms with Gasteiger partial charge in [-0.2, -0.15) is 5.10 Å². The third kappa shape index (κ3) is 3.29. The summed E-state index contributed by atoms with van der Waals surface area (Å²) in [5, 5.41) is 22.3. The minimum atomic E-state index is -0.579.